The number of hydrogen-bond acceptors (Lipinski definition) is 2. The highest BCUT2D eigenvalue weighted by Crippen LogP contribution is 2.46. The van der Waals surface area contributed by atoms with Gasteiger partial charge in [-0.15, -0.1) is 0 Å². The molecule has 2 fully saturated rings. The second-order valence-electron chi connectivity index (χ2n) is 6.54. The standard InChI is InChI=1S/C13H25NO/c1-12(2)8-10(13(3,4)15-12)11(14)9-6-5-7-9/h9-11H,5-8,14H2,1-4H3. The van der Waals surface area contributed by atoms with Crippen LogP contribution in [0.1, 0.15) is 53.4 Å². The fraction of sp³-hybridized carbons (Fsp3) is 1.00. The van der Waals surface area contributed by atoms with Gasteiger partial charge < -0.3 is 10.5 Å². The Hall–Kier alpha value is -0.0800. The van der Waals surface area contributed by atoms with Gasteiger partial charge in [0.05, 0.1) is 11.2 Å². The van der Waals surface area contributed by atoms with Crippen LogP contribution in [0.15, 0.2) is 0 Å². The Bertz CT molecular complexity index is 243. The smallest absolute Gasteiger partial charge is 0.0677 e. The Morgan fingerprint density at radius 3 is 2.13 bits per heavy atom. The maximum atomic E-state index is 6.40. The van der Waals surface area contributed by atoms with Crippen molar-refractivity contribution in [3.05, 3.63) is 0 Å². The van der Waals surface area contributed by atoms with Gasteiger partial charge in [-0.05, 0) is 52.9 Å². The first-order chi connectivity index (χ1) is 6.82. The molecule has 2 nitrogen and oxygen atoms in total. The molecule has 88 valence electrons. The summed E-state index contributed by atoms with van der Waals surface area (Å²) in [6, 6.07) is 0.343. The first-order valence-corrected chi connectivity index (χ1v) is 6.28. The van der Waals surface area contributed by atoms with Gasteiger partial charge >= 0.3 is 0 Å². The van der Waals surface area contributed by atoms with Crippen molar-refractivity contribution in [2.24, 2.45) is 17.6 Å². The number of ether oxygens (including phenoxy) is 1. The average Bonchev–Trinajstić information content (AvgIpc) is 2.14. The topological polar surface area (TPSA) is 35.2 Å². The van der Waals surface area contributed by atoms with Crippen molar-refractivity contribution in [3.63, 3.8) is 0 Å². The lowest BCUT2D eigenvalue weighted by Gasteiger charge is -2.39. The Labute approximate surface area is 93.6 Å². The highest BCUT2D eigenvalue weighted by molar-refractivity contribution is 5.01. The van der Waals surface area contributed by atoms with Crippen LogP contribution in [0.3, 0.4) is 0 Å². The Morgan fingerprint density at radius 1 is 1.20 bits per heavy atom. The van der Waals surface area contributed by atoms with E-state index in [9.17, 15) is 0 Å². The van der Waals surface area contributed by atoms with Gasteiger partial charge in [0.1, 0.15) is 0 Å². The molecular weight excluding hydrogens is 186 g/mol. The highest BCUT2D eigenvalue weighted by atomic mass is 16.5. The van der Waals surface area contributed by atoms with Gasteiger partial charge in [-0.25, -0.2) is 0 Å². The van der Waals surface area contributed by atoms with Crippen molar-refractivity contribution in [3.8, 4) is 0 Å². The zero-order valence-electron chi connectivity index (χ0n) is 10.5. The van der Waals surface area contributed by atoms with Crippen LogP contribution in [0.5, 0.6) is 0 Å². The molecule has 15 heavy (non-hydrogen) atoms. The minimum Gasteiger partial charge on any atom is -0.369 e. The molecule has 1 heterocycles. The predicted molar refractivity (Wildman–Crippen MR) is 62.7 cm³/mol. The fourth-order valence-corrected chi connectivity index (χ4v) is 3.36. The van der Waals surface area contributed by atoms with Gasteiger partial charge in [0.15, 0.2) is 0 Å². The molecule has 2 heteroatoms. The number of nitrogens with two attached hydrogens (primary N) is 1. The Balaban J connectivity index is 2.07. The van der Waals surface area contributed by atoms with E-state index in [-0.39, 0.29) is 11.2 Å². The Kier molecular flexibility index (Phi) is 2.63. The zero-order valence-corrected chi connectivity index (χ0v) is 10.5. The highest BCUT2D eigenvalue weighted by Gasteiger charge is 2.50. The molecule has 0 aromatic carbocycles. The lowest BCUT2D eigenvalue weighted by atomic mass is 9.70. The molecule has 2 rings (SSSR count). The van der Waals surface area contributed by atoms with Gasteiger partial charge in [-0.1, -0.05) is 6.42 Å². The van der Waals surface area contributed by atoms with E-state index < -0.39 is 0 Å². The van der Waals surface area contributed by atoms with Crippen LogP contribution in [0, 0.1) is 11.8 Å². The molecule has 1 aliphatic carbocycles. The van der Waals surface area contributed by atoms with Crippen LogP contribution in [0.25, 0.3) is 0 Å². The van der Waals surface area contributed by atoms with E-state index in [1.54, 1.807) is 0 Å². The molecule has 0 aromatic rings. The molecule has 0 amide bonds. The second kappa shape index (κ2) is 3.46. The summed E-state index contributed by atoms with van der Waals surface area (Å²) in [7, 11) is 0. The van der Waals surface area contributed by atoms with Crippen molar-refractivity contribution < 1.29 is 4.74 Å². The first-order valence-electron chi connectivity index (χ1n) is 6.28. The summed E-state index contributed by atoms with van der Waals surface area (Å²) >= 11 is 0. The molecule has 2 unspecified atom stereocenters. The van der Waals surface area contributed by atoms with Gasteiger partial charge in [-0.2, -0.15) is 0 Å². The summed E-state index contributed by atoms with van der Waals surface area (Å²) in [6.45, 7) is 8.76. The van der Waals surface area contributed by atoms with Crippen molar-refractivity contribution in [2.45, 2.75) is 70.6 Å². The van der Waals surface area contributed by atoms with Crippen LogP contribution >= 0.6 is 0 Å². The van der Waals surface area contributed by atoms with Crippen LogP contribution in [-0.4, -0.2) is 17.2 Å². The van der Waals surface area contributed by atoms with Gasteiger partial charge in [-0.3, -0.25) is 0 Å². The van der Waals surface area contributed by atoms with E-state index in [4.69, 9.17) is 10.5 Å². The summed E-state index contributed by atoms with van der Waals surface area (Å²) in [5, 5.41) is 0. The predicted octanol–water partition coefficient (Wildman–Crippen LogP) is 2.71. The molecule has 1 saturated carbocycles. The molecule has 1 aliphatic heterocycles. The normalized spacial score (nSPS) is 36.2. The van der Waals surface area contributed by atoms with Crippen LogP contribution in [0.4, 0.5) is 0 Å². The summed E-state index contributed by atoms with van der Waals surface area (Å²) in [5.74, 6) is 1.28. The van der Waals surface area contributed by atoms with Crippen molar-refractivity contribution in [1.29, 1.82) is 0 Å². The second-order valence-corrected chi connectivity index (χ2v) is 6.54. The monoisotopic (exact) mass is 211 g/mol. The minimum absolute atomic E-state index is 0.00946. The van der Waals surface area contributed by atoms with Crippen LogP contribution < -0.4 is 5.73 Å². The third-order valence-electron chi connectivity index (χ3n) is 4.30. The maximum Gasteiger partial charge on any atom is 0.0677 e. The third-order valence-corrected chi connectivity index (χ3v) is 4.30. The number of hydrogen-bond donors (Lipinski definition) is 1. The van der Waals surface area contributed by atoms with E-state index in [0.29, 0.717) is 12.0 Å². The van der Waals surface area contributed by atoms with Crippen molar-refractivity contribution in [2.75, 3.05) is 0 Å². The third kappa shape index (κ3) is 2.07. The van der Waals surface area contributed by atoms with Gasteiger partial charge in [0, 0.05) is 12.0 Å². The maximum absolute atomic E-state index is 6.40. The van der Waals surface area contributed by atoms with Crippen molar-refractivity contribution in [1.82, 2.24) is 0 Å². The molecule has 0 aromatic heterocycles. The van der Waals surface area contributed by atoms with Crippen molar-refractivity contribution >= 4 is 0 Å². The van der Waals surface area contributed by atoms with Crippen LogP contribution in [0.2, 0.25) is 0 Å². The molecule has 0 radical (unpaired) electrons. The fourth-order valence-electron chi connectivity index (χ4n) is 3.36. The minimum atomic E-state index is -0.0431. The largest absolute Gasteiger partial charge is 0.369 e. The summed E-state index contributed by atoms with van der Waals surface area (Å²) in [6.07, 6.45) is 5.13. The average molecular weight is 211 g/mol. The Morgan fingerprint density at radius 2 is 1.80 bits per heavy atom. The van der Waals surface area contributed by atoms with E-state index in [1.807, 2.05) is 0 Å². The quantitative estimate of drug-likeness (QED) is 0.762. The summed E-state index contributed by atoms with van der Waals surface area (Å²) < 4.78 is 6.11. The zero-order chi connectivity index (χ0) is 11.3. The molecule has 1 saturated heterocycles. The van der Waals surface area contributed by atoms with E-state index in [1.165, 1.54) is 19.3 Å². The number of rotatable bonds is 2. The van der Waals surface area contributed by atoms with E-state index >= 15 is 0 Å². The summed E-state index contributed by atoms with van der Waals surface area (Å²) in [4.78, 5) is 0. The molecule has 0 bridgehead atoms. The van der Waals surface area contributed by atoms with Crippen LogP contribution in [-0.2, 0) is 4.74 Å². The lowest BCUT2D eigenvalue weighted by Crippen LogP contribution is -2.47. The lowest BCUT2D eigenvalue weighted by molar-refractivity contribution is -0.0793. The molecule has 2 atom stereocenters. The summed E-state index contributed by atoms with van der Waals surface area (Å²) in [5.41, 5.74) is 6.37. The van der Waals surface area contributed by atoms with E-state index in [2.05, 4.69) is 27.7 Å². The van der Waals surface area contributed by atoms with Gasteiger partial charge in [0.25, 0.3) is 0 Å². The molecule has 2 aliphatic rings. The molecular formula is C13H25NO. The van der Waals surface area contributed by atoms with Gasteiger partial charge in [0.2, 0.25) is 0 Å². The molecule has 0 spiro atoms. The van der Waals surface area contributed by atoms with E-state index in [0.717, 1.165) is 12.3 Å². The SMILES string of the molecule is CC1(C)CC(C(N)C2CCC2)C(C)(C)O1. The molecule has 2 N–H and O–H groups in total. The first kappa shape index (κ1) is 11.4.